The Morgan fingerprint density at radius 2 is 1.78 bits per heavy atom. The first-order chi connectivity index (χ1) is 21.8. The number of para-hydroxylation sites is 1. The number of anilines is 2. The van der Waals surface area contributed by atoms with E-state index in [-0.39, 0.29) is 29.4 Å². The standard InChI is InChI=1S/C32H46F3N7O3S/c1-3-6-23-13-24(15-26(14-23)21(2)38-17-22-9-11-28(12-10-22)46(37,43)44)18-39-30-27(16-36)20-41-31(42-30)40-19-25-7-4-5-8-29(25)45-32(33,34)35/h4-5,7-8,20-24,26,28,38H,3,6,9-15,17-19H2,1-2H3,(H2,37,43,44)(H2,39,40,41,42)/t21-,22-,23?,24+,26+,28-/m0/s1. The zero-order valence-electron chi connectivity index (χ0n) is 26.5. The van der Waals surface area contributed by atoms with Crippen molar-refractivity contribution >= 4 is 21.8 Å². The molecule has 5 N–H and O–H groups in total. The molecule has 0 saturated heterocycles. The normalized spacial score (nSPS) is 24.5. The van der Waals surface area contributed by atoms with Gasteiger partial charge in [-0.15, -0.1) is 13.2 Å². The van der Waals surface area contributed by atoms with Crippen molar-refractivity contribution in [3.63, 3.8) is 0 Å². The quantitative estimate of drug-likeness (QED) is 0.192. The second-order valence-corrected chi connectivity index (χ2v) is 14.7. The molecule has 2 fully saturated rings. The van der Waals surface area contributed by atoms with Crippen LogP contribution in [0.25, 0.3) is 0 Å². The molecule has 46 heavy (non-hydrogen) atoms. The van der Waals surface area contributed by atoms with Crippen molar-refractivity contribution in [2.75, 3.05) is 23.7 Å². The Labute approximate surface area is 270 Å². The molecule has 1 heterocycles. The van der Waals surface area contributed by atoms with Gasteiger partial charge in [0.25, 0.3) is 0 Å². The highest BCUT2D eigenvalue weighted by Crippen LogP contribution is 2.38. The molecule has 254 valence electrons. The monoisotopic (exact) mass is 665 g/mol. The molecule has 1 aromatic carbocycles. The summed E-state index contributed by atoms with van der Waals surface area (Å²) in [7, 11) is -3.46. The molecule has 2 aliphatic carbocycles. The Hall–Kier alpha value is -3.15. The number of nitrogens with zero attached hydrogens (tertiary/aromatic N) is 3. The molecule has 0 aliphatic heterocycles. The zero-order chi connectivity index (χ0) is 33.3. The number of rotatable bonds is 14. The van der Waals surface area contributed by atoms with Crippen LogP contribution in [-0.4, -0.2) is 49.1 Å². The largest absolute Gasteiger partial charge is 0.573 e. The maximum absolute atomic E-state index is 12.8. The van der Waals surface area contributed by atoms with Crippen LogP contribution in [0.5, 0.6) is 5.75 Å². The summed E-state index contributed by atoms with van der Waals surface area (Å²) in [5.41, 5.74) is 0.576. The van der Waals surface area contributed by atoms with Gasteiger partial charge in [-0.25, -0.2) is 18.5 Å². The summed E-state index contributed by atoms with van der Waals surface area (Å²) in [6.07, 6.45) is 5.09. The highest BCUT2D eigenvalue weighted by Gasteiger charge is 2.34. The van der Waals surface area contributed by atoms with Crippen LogP contribution in [0.3, 0.4) is 0 Å². The summed E-state index contributed by atoms with van der Waals surface area (Å²) in [6.45, 7) is 5.95. The van der Waals surface area contributed by atoms with E-state index in [1.165, 1.54) is 24.4 Å². The summed E-state index contributed by atoms with van der Waals surface area (Å²) in [6, 6.07) is 8.29. The Morgan fingerprint density at radius 1 is 1.07 bits per heavy atom. The number of nitrogens with one attached hydrogen (secondary N) is 3. The number of aromatic nitrogens is 2. The smallest absolute Gasteiger partial charge is 0.405 e. The van der Waals surface area contributed by atoms with Gasteiger partial charge in [0.2, 0.25) is 16.0 Å². The van der Waals surface area contributed by atoms with Gasteiger partial charge < -0.3 is 20.7 Å². The number of nitrogens with two attached hydrogens (primary N) is 1. The molecule has 14 heteroatoms. The summed E-state index contributed by atoms with van der Waals surface area (Å²) >= 11 is 0. The van der Waals surface area contributed by atoms with Gasteiger partial charge in [0, 0.05) is 24.7 Å². The van der Waals surface area contributed by atoms with E-state index < -0.39 is 21.6 Å². The second kappa shape index (κ2) is 16.1. The van der Waals surface area contributed by atoms with Gasteiger partial charge >= 0.3 is 6.36 Å². The van der Waals surface area contributed by atoms with E-state index in [1.54, 1.807) is 6.07 Å². The minimum Gasteiger partial charge on any atom is -0.405 e. The van der Waals surface area contributed by atoms with Crippen molar-refractivity contribution in [2.45, 2.75) is 95.8 Å². The summed E-state index contributed by atoms with van der Waals surface area (Å²) in [4.78, 5) is 8.66. The number of sulfonamides is 1. The maximum atomic E-state index is 12.8. The molecule has 4 rings (SSSR count). The Morgan fingerprint density at radius 3 is 2.46 bits per heavy atom. The SMILES string of the molecule is CCCC1C[C@@H](CNc2nc(NCc3ccccc3OC(F)(F)F)ncc2C#N)C[C@H]([C@H](C)NC[C@H]2CC[C@H](S(N)(=O)=O)CC2)C1. The third-order valence-corrected chi connectivity index (χ3v) is 10.8. The van der Waals surface area contributed by atoms with Crippen molar-refractivity contribution < 1.29 is 26.3 Å². The van der Waals surface area contributed by atoms with Crippen molar-refractivity contribution in [2.24, 2.45) is 28.8 Å². The van der Waals surface area contributed by atoms with Gasteiger partial charge in [-0.1, -0.05) is 38.0 Å². The average molecular weight is 666 g/mol. The topological polar surface area (TPSA) is 155 Å². The van der Waals surface area contributed by atoms with E-state index >= 15 is 0 Å². The first-order valence-corrected chi connectivity index (χ1v) is 17.8. The van der Waals surface area contributed by atoms with E-state index in [9.17, 15) is 26.9 Å². The van der Waals surface area contributed by atoms with Crippen molar-refractivity contribution in [3.05, 3.63) is 41.6 Å². The average Bonchev–Trinajstić information content (AvgIpc) is 3.01. The van der Waals surface area contributed by atoms with Crippen LogP contribution in [0.4, 0.5) is 24.9 Å². The molecule has 2 aliphatic rings. The molecular formula is C32H46F3N7O3S. The molecule has 0 radical (unpaired) electrons. The predicted molar refractivity (Wildman–Crippen MR) is 171 cm³/mol. The fourth-order valence-electron chi connectivity index (χ4n) is 6.99. The van der Waals surface area contributed by atoms with Gasteiger partial charge in [-0.2, -0.15) is 10.2 Å². The Bertz CT molecular complexity index is 1430. The van der Waals surface area contributed by atoms with Gasteiger partial charge in [-0.3, -0.25) is 0 Å². The number of ether oxygens (including phenoxy) is 1. The molecule has 4 atom stereocenters. The molecule has 10 nitrogen and oxygen atoms in total. The first kappa shape index (κ1) is 35.7. The number of benzene rings is 1. The number of hydrogen-bond acceptors (Lipinski definition) is 9. The van der Waals surface area contributed by atoms with Crippen molar-refractivity contribution in [1.82, 2.24) is 15.3 Å². The fourth-order valence-corrected chi connectivity index (χ4v) is 7.92. The minimum atomic E-state index is -4.81. The van der Waals surface area contributed by atoms with E-state index in [2.05, 4.69) is 50.6 Å². The molecule has 0 spiro atoms. The van der Waals surface area contributed by atoms with Gasteiger partial charge in [0.15, 0.2) is 0 Å². The van der Waals surface area contributed by atoms with Crippen LogP contribution >= 0.6 is 0 Å². The lowest BCUT2D eigenvalue weighted by Crippen LogP contribution is -2.42. The van der Waals surface area contributed by atoms with E-state index in [4.69, 9.17) is 5.14 Å². The third kappa shape index (κ3) is 10.7. The number of hydrogen-bond donors (Lipinski definition) is 4. The molecule has 2 aromatic rings. The number of primary sulfonamides is 1. The summed E-state index contributed by atoms with van der Waals surface area (Å²) in [5, 5.41) is 24.7. The van der Waals surface area contributed by atoms with Crippen LogP contribution in [0.15, 0.2) is 30.5 Å². The van der Waals surface area contributed by atoms with Crippen LogP contribution in [0.1, 0.15) is 82.8 Å². The minimum absolute atomic E-state index is 0.000950. The Kier molecular flexibility index (Phi) is 12.5. The van der Waals surface area contributed by atoms with Gasteiger partial charge in [-0.05, 0) is 88.2 Å². The first-order valence-electron chi connectivity index (χ1n) is 16.2. The molecular weight excluding hydrogens is 619 g/mol. The van der Waals surface area contributed by atoms with Crippen molar-refractivity contribution in [3.8, 4) is 11.8 Å². The molecule has 2 saturated carbocycles. The third-order valence-electron chi connectivity index (χ3n) is 9.43. The fraction of sp³-hybridized carbons (Fsp3) is 0.656. The lowest BCUT2D eigenvalue weighted by Gasteiger charge is -2.39. The number of nitriles is 1. The molecule has 0 amide bonds. The van der Waals surface area contributed by atoms with Crippen LogP contribution in [0.2, 0.25) is 0 Å². The van der Waals surface area contributed by atoms with Crippen LogP contribution in [-0.2, 0) is 16.6 Å². The summed E-state index contributed by atoms with van der Waals surface area (Å²) in [5.74, 6) is 2.16. The van der Waals surface area contributed by atoms with E-state index in [0.717, 1.165) is 51.5 Å². The molecule has 1 aromatic heterocycles. The molecule has 1 unspecified atom stereocenters. The highest BCUT2D eigenvalue weighted by molar-refractivity contribution is 7.89. The van der Waals surface area contributed by atoms with Gasteiger partial charge in [0.1, 0.15) is 23.2 Å². The van der Waals surface area contributed by atoms with Gasteiger partial charge in [0.05, 0.1) is 11.4 Å². The number of alkyl halides is 3. The van der Waals surface area contributed by atoms with Crippen LogP contribution in [0, 0.1) is 35.0 Å². The lowest BCUT2D eigenvalue weighted by atomic mass is 9.71. The van der Waals surface area contributed by atoms with Crippen LogP contribution < -0.4 is 25.8 Å². The van der Waals surface area contributed by atoms with E-state index in [0.29, 0.717) is 54.9 Å². The zero-order valence-corrected chi connectivity index (χ0v) is 27.3. The molecule has 0 bridgehead atoms. The Balaban J connectivity index is 1.34. The summed E-state index contributed by atoms with van der Waals surface area (Å²) < 4.78 is 66.0. The maximum Gasteiger partial charge on any atom is 0.573 e. The second-order valence-electron chi connectivity index (χ2n) is 12.9. The lowest BCUT2D eigenvalue weighted by molar-refractivity contribution is -0.274. The highest BCUT2D eigenvalue weighted by atomic mass is 32.2. The predicted octanol–water partition coefficient (Wildman–Crippen LogP) is 5.93. The van der Waals surface area contributed by atoms with E-state index in [1.807, 2.05) is 0 Å². The number of halogens is 3. The van der Waals surface area contributed by atoms with Crippen molar-refractivity contribution in [1.29, 1.82) is 5.26 Å².